The van der Waals surface area contributed by atoms with Gasteiger partial charge >= 0.3 is 0 Å². The van der Waals surface area contributed by atoms with Crippen molar-refractivity contribution in [2.75, 3.05) is 6.54 Å². The largest absolute Gasteiger partial charge is 0.310 e. The molecule has 1 unspecified atom stereocenters. The van der Waals surface area contributed by atoms with Gasteiger partial charge in [-0.3, -0.25) is 0 Å². The van der Waals surface area contributed by atoms with E-state index < -0.39 is 0 Å². The Labute approximate surface area is 112 Å². The summed E-state index contributed by atoms with van der Waals surface area (Å²) in [5, 5.41) is 4.39. The summed E-state index contributed by atoms with van der Waals surface area (Å²) in [6.45, 7) is 5.42. The first-order valence-corrected chi connectivity index (χ1v) is 7.05. The number of nitrogens with one attached hydrogen (secondary N) is 1. The van der Waals surface area contributed by atoms with Crippen LogP contribution >= 0.6 is 27.5 Å². The summed E-state index contributed by atoms with van der Waals surface area (Å²) in [6.07, 6.45) is 3.42. The first-order valence-electron chi connectivity index (χ1n) is 5.88. The molecule has 1 aromatic rings. The molecule has 0 spiro atoms. The van der Waals surface area contributed by atoms with Crippen LogP contribution in [0.3, 0.4) is 0 Å². The zero-order valence-electron chi connectivity index (χ0n) is 9.89. The molecule has 1 atom stereocenters. The molecule has 90 valence electrons. The van der Waals surface area contributed by atoms with Gasteiger partial charge in [-0.2, -0.15) is 0 Å². The lowest BCUT2D eigenvalue weighted by Gasteiger charge is -2.20. The molecule has 1 N–H and O–H groups in total. The van der Waals surface area contributed by atoms with Crippen LogP contribution in [0.2, 0.25) is 5.02 Å². The van der Waals surface area contributed by atoms with Gasteiger partial charge in [0.1, 0.15) is 0 Å². The second kappa shape index (κ2) is 7.31. The Morgan fingerprint density at radius 2 is 2.06 bits per heavy atom. The molecule has 1 rings (SSSR count). The van der Waals surface area contributed by atoms with Gasteiger partial charge in [-0.25, -0.2) is 0 Å². The van der Waals surface area contributed by atoms with E-state index in [4.69, 9.17) is 11.6 Å². The SMILES string of the molecule is CCCNC(CCC)c1cccc(Br)c1Cl. The number of hydrogen-bond acceptors (Lipinski definition) is 1. The maximum absolute atomic E-state index is 6.32. The predicted octanol–water partition coefficient (Wildman–Crippen LogP) is 4.94. The van der Waals surface area contributed by atoms with Gasteiger partial charge in [0, 0.05) is 10.5 Å². The third kappa shape index (κ3) is 3.76. The first kappa shape index (κ1) is 14.0. The van der Waals surface area contributed by atoms with Crippen LogP contribution in [0.25, 0.3) is 0 Å². The molecule has 0 saturated carbocycles. The van der Waals surface area contributed by atoms with Gasteiger partial charge in [0.05, 0.1) is 5.02 Å². The molecule has 16 heavy (non-hydrogen) atoms. The average Bonchev–Trinajstić information content (AvgIpc) is 2.28. The summed E-state index contributed by atoms with van der Waals surface area (Å²) in [4.78, 5) is 0. The summed E-state index contributed by atoms with van der Waals surface area (Å²) in [5.74, 6) is 0. The van der Waals surface area contributed by atoms with Crippen molar-refractivity contribution >= 4 is 27.5 Å². The highest BCUT2D eigenvalue weighted by Gasteiger charge is 2.14. The zero-order valence-corrected chi connectivity index (χ0v) is 12.2. The van der Waals surface area contributed by atoms with E-state index >= 15 is 0 Å². The number of halogens is 2. The summed E-state index contributed by atoms with van der Waals surface area (Å²) >= 11 is 9.79. The molecule has 0 saturated heterocycles. The summed E-state index contributed by atoms with van der Waals surface area (Å²) in [6, 6.07) is 6.50. The van der Waals surface area contributed by atoms with Gasteiger partial charge < -0.3 is 5.32 Å². The molecule has 0 aliphatic heterocycles. The summed E-state index contributed by atoms with van der Waals surface area (Å²) < 4.78 is 0.978. The molecule has 0 radical (unpaired) electrons. The van der Waals surface area contributed by atoms with Crippen LogP contribution < -0.4 is 5.32 Å². The lowest BCUT2D eigenvalue weighted by atomic mass is 10.0. The third-order valence-corrected chi connectivity index (χ3v) is 3.89. The molecular weight excluding hydrogens is 286 g/mol. The Balaban J connectivity index is 2.86. The van der Waals surface area contributed by atoms with Crippen LogP contribution in [-0.2, 0) is 0 Å². The van der Waals surface area contributed by atoms with Crippen LogP contribution in [0.1, 0.15) is 44.7 Å². The van der Waals surface area contributed by atoms with Crippen LogP contribution in [0.15, 0.2) is 22.7 Å². The molecule has 1 aromatic carbocycles. The fourth-order valence-corrected chi connectivity index (χ4v) is 2.40. The van der Waals surface area contributed by atoms with E-state index in [0.717, 1.165) is 35.3 Å². The van der Waals surface area contributed by atoms with Crippen molar-refractivity contribution < 1.29 is 0 Å². The van der Waals surface area contributed by atoms with Gasteiger partial charge in [0.2, 0.25) is 0 Å². The zero-order chi connectivity index (χ0) is 12.0. The minimum absolute atomic E-state index is 0.370. The molecule has 0 amide bonds. The number of hydrogen-bond donors (Lipinski definition) is 1. The van der Waals surface area contributed by atoms with Gasteiger partial charge in [0.25, 0.3) is 0 Å². The Morgan fingerprint density at radius 3 is 2.69 bits per heavy atom. The van der Waals surface area contributed by atoms with E-state index in [1.807, 2.05) is 12.1 Å². The fourth-order valence-electron chi connectivity index (χ4n) is 1.76. The van der Waals surface area contributed by atoms with Crippen molar-refractivity contribution in [1.29, 1.82) is 0 Å². The van der Waals surface area contributed by atoms with Crippen LogP contribution in [-0.4, -0.2) is 6.54 Å². The Hall–Kier alpha value is -0.0500. The fraction of sp³-hybridized carbons (Fsp3) is 0.538. The van der Waals surface area contributed by atoms with Crippen LogP contribution in [0.5, 0.6) is 0 Å². The first-order chi connectivity index (χ1) is 7.70. The quantitative estimate of drug-likeness (QED) is 0.784. The van der Waals surface area contributed by atoms with Crippen molar-refractivity contribution in [3.8, 4) is 0 Å². The highest BCUT2D eigenvalue weighted by atomic mass is 79.9. The maximum atomic E-state index is 6.32. The maximum Gasteiger partial charge on any atom is 0.0595 e. The molecule has 0 aliphatic carbocycles. The van der Waals surface area contributed by atoms with Gasteiger partial charge in [0.15, 0.2) is 0 Å². The Kier molecular flexibility index (Phi) is 6.40. The van der Waals surface area contributed by atoms with Gasteiger partial charge in [-0.05, 0) is 46.9 Å². The summed E-state index contributed by atoms with van der Waals surface area (Å²) in [7, 11) is 0. The molecular formula is C13H19BrClN. The predicted molar refractivity (Wildman–Crippen MR) is 75.1 cm³/mol. The number of rotatable bonds is 6. The van der Waals surface area contributed by atoms with E-state index in [1.165, 1.54) is 5.56 Å². The third-order valence-electron chi connectivity index (χ3n) is 2.57. The second-order valence-corrected chi connectivity index (χ2v) is 5.17. The minimum atomic E-state index is 0.370. The van der Waals surface area contributed by atoms with Crippen molar-refractivity contribution in [2.45, 2.75) is 39.2 Å². The molecule has 0 heterocycles. The Morgan fingerprint density at radius 1 is 1.31 bits per heavy atom. The molecule has 0 aliphatic rings. The van der Waals surface area contributed by atoms with E-state index in [-0.39, 0.29) is 0 Å². The normalized spacial score (nSPS) is 12.8. The molecule has 0 bridgehead atoms. The van der Waals surface area contributed by atoms with Crippen molar-refractivity contribution in [1.82, 2.24) is 5.32 Å². The molecule has 1 nitrogen and oxygen atoms in total. The van der Waals surface area contributed by atoms with E-state index in [2.05, 4.69) is 41.2 Å². The monoisotopic (exact) mass is 303 g/mol. The van der Waals surface area contributed by atoms with E-state index in [9.17, 15) is 0 Å². The van der Waals surface area contributed by atoms with Crippen molar-refractivity contribution in [3.63, 3.8) is 0 Å². The highest BCUT2D eigenvalue weighted by Crippen LogP contribution is 2.32. The lowest BCUT2D eigenvalue weighted by molar-refractivity contribution is 0.494. The van der Waals surface area contributed by atoms with E-state index in [0.29, 0.717) is 6.04 Å². The van der Waals surface area contributed by atoms with Crippen LogP contribution in [0.4, 0.5) is 0 Å². The van der Waals surface area contributed by atoms with Gasteiger partial charge in [-0.1, -0.05) is 44.0 Å². The molecule has 0 aromatic heterocycles. The van der Waals surface area contributed by atoms with Crippen molar-refractivity contribution in [3.05, 3.63) is 33.3 Å². The second-order valence-electron chi connectivity index (χ2n) is 3.94. The Bertz CT molecular complexity index is 328. The lowest BCUT2D eigenvalue weighted by Crippen LogP contribution is -2.22. The molecule has 0 fully saturated rings. The standard InChI is InChI=1S/C13H19BrClN/c1-3-6-12(16-9-4-2)10-7-5-8-11(14)13(10)15/h5,7-8,12,16H,3-4,6,9H2,1-2H3. The van der Waals surface area contributed by atoms with Gasteiger partial charge in [-0.15, -0.1) is 0 Å². The smallest absolute Gasteiger partial charge is 0.0595 e. The van der Waals surface area contributed by atoms with Crippen LogP contribution in [0, 0.1) is 0 Å². The van der Waals surface area contributed by atoms with E-state index in [1.54, 1.807) is 0 Å². The van der Waals surface area contributed by atoms with Crippen molar-refractivity contribution in [2.24, 2.45) is 0 Å². The minimum Gasteiger partial charge on any atom is -0.310 e. The average molecular weight is 305 g/mol. The molecule has 3 heteroatoms. The topological polar surface area (TPSA) is 12.0 Å². The number of benzene rings is 1. The summed E-state index contributed by atoms with van der Waals surface area (Å²) in [5.41, 5.74) is 1.20. The highest BCUT2D eigenvalue weighted by molar-refractivity contribution is 9.10.